The molecule has 2 aromatic rings. The monoisotopic (exact) mass is 372 g/mol. The third-order valence-corrected chi connectivity index (χ3v) is 4.77. The third-order valence-electron chi connectivity index (χ3n) is 4.77. The molecule has 27 heavy (non-hydrogen) atoms. The van der Waals surface area contributed by atoms with Gasteiger partial charge >= 0.3 is 11.4 Å². The largest absolute Gasteiger partial charge is 0.385 e. The fraction of sp³-hybridized carbons (Fsp3) is 0.333. The smallest absolute Gasteiger partial charge is 0.362 e. The predicted molar refractivity (Wildman–Crippen MR) is 90.8 cm³/mol. The highest BCUT2D eigenvalue weighted by Gasteiger charge is 2.72. The summed E-state index contributed by atoms with van der Waals surface area (Å²) in [5.74, 6) is 0. The summed E-state index contributed by atoms with van der Waals surface area (Å²) in [6.07, 6.45) is -1.87. The molecule has 0 aromatic heterocycles. The second kappa shape index (κ2) is 6.38. The molecule has 0 amide bonds. The van der Waals surface area contributed by atoms with Gasteiger partial charge in [-0.25, -0.2) is 4.74 Å². The lowest BCUT2D eigenvalue weighted by atomic mass is 9.95. The molecule has 2 heterocycles. The molecule has 0 aliphatic carbocycles. The maximum absolute atomic E-state index is 12.2. The minimum absolute atomic E-state index is 0.0734. The maximum Gasteiger partial charge on any atom is 0.385 e. The van der Waals surface area contributed by atoms with Crippen molar-refractivity contribution in [1.82, 2.24) is 0 Å². The van der Waals surface area contributed by atoms with E-state index in [0.29, 0.717) is 0 Å². The van der Waals surface area contributed by atoms with Gasteiger partial charge < -0.3 is 9.47 Å². The van der Waals surface area contributed by atoms with E-state index in [1.807, 2.05) is 0 Å². The summed E-state index contributed by atoms with van der Waals surface area (Å²) in [6.45, 7) is 0.147. The highest BCUT2D eigenvalue weighted by Crippen LogP contribution is 2.48. The van der Waals surface area contributed by atoms with Crippen LogP contribution in [0.3, 0.4) is 0 Å². The number of nitrogens with zero attached hydrogens (tertiary/aromatic N) is 2. The summed E-state index contributed by atoms with van der Waals surface area (Å²) in [5.41, 5.74) is -4.09. The molecular formula is C18H16N2O7. The van der Waals surface area contributed by atoms with Gasteiger partial charge in [0.25, 0.3) is 0 Å². The van der Waals surface area contributed by atoms with E-state index in [1.165, 1.54) is 24.3 Å². The first-order chi connectivity index (χ1) is 13.0. The van der Waals surface area contributed by atoms with E-state index in [4.69, 9.17) is 14.2 Å². The summed E-state index contributed by atoms with van der Waals surface area (Å²) in [7, 11) is 0. The lowest BCUT2D eigenvalue weighted by molar-refractivity contribution is -0.730. The van der Waals surface area contributed by atoms with Gasteiger partial charge in [0.15, 0.2) is 12.2 Å². The first kappa shape index (κ1) is 17.5. The van der Waals surface area contributed by atoms with Crippen LogP contribution in [0.15, 0.2) is 60.7 Å². The van der Waals surface area contributed by atoms with Gasteiger partial charge in [0.2, 0.25) is 0 Å². The zero-order valence-corrected chi connectivity index (χ0v) is 14.1. The topological polar surface area (TPSA) is 121 Å². The molecule has 2 aliphatic heterocycles. The summed E-state index contributed by atoms with van der Waals surface area (Å²) < 4.78 is 16.4. The summed E-state index contributed by atoms with van der Waals surface area (Å²) in [6, 6.07) is 15.9. The maximum atomic E-state index is 12.2. The Morgan fingerprint density at radius 2 is 1.11 bits per heavy atom. The molecule has 2 fully saturated rings. The van der Waals surface area contributed by atoms with Gasteiger partial charge in [-0.3, -0.25) is 20.2 Å². The van der Waals surface area contributed by atoms with Crippen molar-refractivity contribution >= 4 is 0 Å². The average Bonchev–Trinajstić information content (AvgIpc) is 3.57. The van der Waals surface area contributed by atoms with Gasteiger partial charge in [-0.2, -0.15) is 0 Å². The Hall–Kier alpha value is -2.88. The number of ether oxygens (including phenoxy) is 3. The SMILES string of the molecule is O=[N+]([O-])C(OC(c1ccccc1)(C1CO1)[N+](=O)[O-])(c1ccccc1)C1CO1. The standard InChI is InChI=1S/C18H16N2O7/c21-19(22)17(15-11-25-15,13-7-3-1-4-8-13)27-18(20(23)24,16-12-26-16)14-9-5-2-6-10-14/h1-10,15-16H,11-12H2. The Bertz CT molecular complexity index is 783. The Balaban J connectivity index is 1.90. The normalized spacial score (nSPS) is 25.0. The molecule has 0 spiro atoms. The second-order valence-electron chi connectivity index (χ2n) is 6.39. The summed E-state index contributed by atoms with van der Waals surface area (Å²) >= 11 is 0. The van der Waals surface area contributed by atoms with Crippen molar-refractivity contribution < 1.29 is 24.1 Å². The van der Waals surface area contributed by atoms with Crippen LogP contribution in [-0.2, 0) is 25.7 Å². The molecule has 2 aromatic carbocycles. The number of hydrogen-bond acceptors (Lipinski definition) is 7. The van der Waals surface area contributed by atoms with Gasteiger partial charge in [0.05, 0.1) is 34.2 Å². The Morgan fingerprint density at radius 3 is 1.37 bits per heavy atom. The average molecular weight is 372 g/mol. The van der Waals surface area contributed by atoms with Crippen molar-refractivity contribution in [2.24, 2.45) is 0 Å². The fourth-order valence-electron chi connectivity index (χ4n) is 3.28. The molecule has 9 heteroatoms. The molecule has 4 unspecified atom stereocenters. The first-order valence-electron chi connectivity index (χ1n) is 8.35. The van der Waals surface area contributed by atoms with E-state index in [1.54, 1.807) is 36.4 Å². The number of nitro groups is 2. The van der Waals surface area contributed by atoms with Gasteiger partial charge in [-0.1, -0.05) is 36.4 Å². The van der Waals surface area contributed by atoms with Crippen LogP contribution in [0, 0.1) is 20.2 Å². The molecule has 140 valence electrons. The number of epoxide rings is 2. The zero-order valence-electron chi connectivity index (χ0n) is 14.1. The molecule has 2 saturated heterocycles. The van der Waals surface area contributed by atoms with Crippen molar-refractivity contribution in [3.63, 3.8) is 0 Å². The molecule has 0 bridgehead atoms. The zero-order chi connectivity index (χ0) is 19.1. The Morgan fingerprint density at radius 1 is 0.778 bits per heavy atom. The van der Waals surface area contributed by atoms with Crippen LogP contribution in [0.4, 0.5) is 0 Å². The van der Waals surface area contributed by atoms with Gasteiger partial charge in [0.1, 0.15) is 0 Å². The molecule has 0 radical (unpaired) electrons. The van der Waals surface area contributed by atoms with Gasteiger partial charge in [0, 0.05) is 0 Å². The number of benzene rings is 2. The Labute approximate surface area is 153 Å². The highest BCUT2D eigenvalue weighted by atomic mass is 16.8. The molecular weight excluding hydrogens is 356 g/mol. The van der Waals surface area contributed by atoms with E-state index in [0.717, 1.165) is 0 Å². The number of rotatable bonds is 8. The van der Waals surface area contributed by atoms with Crippen molar-refractivity contribution in [1.29, 1.82) is 0 Å². The van der Waals surface area contributed by atoms with Crippen molar-refractivity contribution in [3.05, 3.63) is 92.0 Å². The van der Waals surface area contributed by atoms with E-state index in [-0.39, 0.29) is 24.3 Å². The second-order valence-corrected chi connectivity index (χ2v) is 6.39. The van der Waals surface area contributed by atoms with E-state index < -0.39 is 33.5 Å². The van der Waals surface area contributed by atoms with E-state index in [9.17, 15) is 20.2 Å². The molecule has 4 atom stereocenters. The van der Waals surface area contributed by atoms with Crippen LogP contribution in [0.2, 0.25) is 0 Å². The third kappa shape index (κ3) is 2.76. The minimum Gasteiger partial charge on any atom is -0.362 e. The van der Waals surface area contributed by atoms with Gasteiger partial charge in [-0.15, -0.1) is 0 Å². The first-order valence-corrected chi connectivity index (χ1v) is 8.35. The lowest BCUT2D eigenvalue weighted by Gasteiger charge is -2.32. The van der Waals surface area contributed by atoms with E-state index in [2.05, 4.69) is 0 Å². The van der Waals surface area contributed by atoms with Crippen LogP contribution in [0.1, 0.15) is 11.1 Å². The van der Waals surface area contributed by atoms with Crippen molar-refractivity contribution in [3.8, 4) is 0 Å². The summed E-state index contributed by atoms with van der Waals surface area (Å²) in [5, 5.41) is 24.4. The van der Waals surface area contributed by atoms with Crippen LogP contribution in [0.5, 0.6) is 0 Å². The fourth-order valence-corrected chi connectivity index (χ4v) is 3.28. The van der Waals surface area contributed by atoms with Crippen LogP contribution >= 0.6 is 0 Å². The molecule has 2 aliphatic rings. The Kier molecular flexibility index (Phi) is 4.14. The lowest BCUT2D eigenvalue weighted by Crippen LogP contribution is -2.55. The van der Waals surface area contributed by atoms with Gasteiger partial charge in [-0.05, 0) is 24.3 Å². The van der Waals surface area contributed by atoms with Crippen molar-refractivity contribution in [2.45, 2.75) is 23.7 Å². The van der Waals surface area contributed by atoms with E-state index >= 15 is 0 Å². The van der Waals surface area contributed by atoms with Crippen molar-refractivity contribution in [2.75, 3.05) is 13.2 Å². The van der Waals surface area contributed by atoms with Crippen LogP contribution in [-0.4, -0.2) is 35.3 Å². The summed E-state index contributed by atoms with van der Waals surface area (Å²) in [4.78, 5) is 23.1. The highest BCUT2D eigenvalue weighted by molar-refractivity contribution is 5.27. The minimum atomic E-state index is -2.23. The number of hydrogen-bond donors (Lipinski definition) is 0. The van der Waals surface area contributed by atoms with Crippen LogP contribution < -0.4 is 0 Å². The molecule has 9 nitrogen and oxygen atoms in total. The van der Waals surface area contributed by atoms with Crippen LogP contribution in [0.25, 0.3) is 0 Å². The quantitative estimate of drug-likeness (QED) is 0.301. The molecule has 0 saturated carbocycles. The molecule has 0 N–H and O–H groups in total. The molecule has 4 rings (SSSR count). The predicted octanol–water partition coefficient (Wildman–Crippen LogP) is 2.06.